The molecule has 0 atom stereocenters. The Balaban J connectivity index is 1.41. The van der Waals surface area contributed by atoms with Crippen molar-refractivity contribution in [3.63, 3.8) is 0 Å². The molecule has 4 heterocycles. The van der Waals surface area contributed by atoms with Gasteiger partial charge in [-0.1, -0.05) is 58.0 Å². The molecule has 0 N–H and O–H groups in total. The lowest BCUT2D eigenvalue weighted by Crippen LogP contribution is -2.22. The first-order valence-corrected chi connectivity index (χ1v) is 14.1. The van der Waals surface area contributed by atoms with Crippen LogP contribution < -0.4 is 9.64 Å². The van der Waals surface area contributed by atoms with E-state index in [9.17, 15) is 26.3 Å². The molecule has 0 saturated carbocycles. The lowest BCUT2D eigenvalue weighted by molar-refractivity contribution is -0.141. The van der Waals surface area contributed by atoms with E-state index in [0.29, 0.717) is 45.0 Å². The van der Waals surface area contributed by atoms with Gasteiger partial charge in [-0.2, -0.15) is 31.3 Å². The van der Waals surface area contributed by atoms with Crippen LogP contribution in [0.15, 0.2) is 30.0 Å². The zero-order valence-corrected chi connectivity index (χ0v) is 23.6. The second kappa shape index (κ2) is 10.9. The number of aromatic nitrogens is 5. The number of fused-ring (bicyclic) bond motifs is 1. The second-order valence-corrected chi connectivity index (χ2v) is 12.0. The summed E-state index contributed by atoms with van der Waals surface area (Å²) >= 11 is 14.0. The molecule has 5 rings (SSSR count). The van der Waals surface area contributed by atoms with Crippen LogP contribution in [0.4, 0.5) is 37.3 Å². The molecule has 0 amide bonds. The lowest BCUT2D eigenvalue weighted by Gasteiger charge is -2.21. The molecule has 40 heavy (non-hydrogen) atoms. The predicted molar refractivity (Wildman–Crippen MR) is 141 cm³/mol. The van der Waals surface area contributed by atoms with Crippen LogP contribution in [0.5, 0.6) is 10.9 Å². The molecule has 0 aliphatic heterocycles. The van der Waals surface area contributed by atoms with Gasteiger partial charge in [0.2, 0.25) is 0 Å². The summed E-state index contributed by atoms with van der Waals surface area (Å²) in [7, 11) is 0. The first kappa shape index (κ1) is 28.7. The molecule has 1 aromatic carbocycles. The Morgan fingerprint density at radius 3 is 2.27 bits per heavy atom. The molecule has 0 fully saturated rings. The summed E-state index contributed by atoms with van der Waals surface area (Å²) in [5, 5.41) is -0.292. The van der Waals surface area contributed by atoms with Crippen LogP contribution in [0, 0.1) is 6.92 Å². The molecule has 4 aromatic heterocycles. The van der Waals surface area contributed by atoms with Gasteiger partial charge >= 0.3 is 12.4 Å². The highest BCUT2D eigenvalue weighted by Crippen LogP contribution is 2.43. The highest BCUT2D eigenvalue weighted by atomic mass is 35.5. The quantitative estimate of drug-likeness (QED) is 0.162. The number of benzene rings is 1. The Bertz CT molecular complexity index is 1690. The minimum Gasteiger partial charge on any atom is -0.431 e. The Labute approximate surface area is 243 Å². The van der Waals surface area contributed by atoms with Crippen molar-refractivity contribution < 1.29 is 31.1 Å². The van der Waals surface area contributed by atoms with Crippen molar-refractivity contribution in [2.24, 2.45) is 0 Å². The van der Waals surface area contributed by atoms with Crippen molar-refractivity contribution in [1.82, 2.24) is 24.9 Å². The molecule has 7 nitrogen and oxygen atoms in total. The standard InChI is InChI=1S/C22H12Cl2F6N6OS3/c1-9-6-10(2-3-11(9)37-20-35-14(16(24)40-20)22(28,29)30)4-5-36(17-12-18(32-7-31-17)38-8-33-12)19-34-13(15(23)39-19)21(25,26)27/h2-3,6-8H,4-5H2,1H3. The van der Waals surface area contributed by atoms with Gasteiger partial charge in [-0.05, 0) is 30.5 Å². The van der Waals surface area contributed by atoms with Gasteiger partial charge in [-0.3, -0.25) is 4.90 Å². The molecular weight excluding hydrogens is 645 g/mol. The van der Waals surface area contributed by atoms with Crippen molar-refractivity contribution in [1.29, 1.82) is 0 Å². The van der Waals surface area contributed by atoms with E-state index in [1.165, 1.54) is 22.6 Å². The van der Waals surface area contributed by atoms with Gasteiger partial charge in [0.1, 0.15) is 31.1 Å². The fourth-order valence-electron chi connectivity index (χ4n) is 3.57. The smallest absolute Gasteiger partial charge is 0.431 e. The van der Waals surface area contributed by atoms with E-state index in [1.807, 2.05) is 0 Å². The molecule has 0 aliphatic carbocycles. The fraction of sp³-hybridized carbons (Fsp3) is 0.227. The normalized spacial score (nSPS) is 12.3. The van der Waals surface area contributed by atoms with Gasteiger partial charge in [0.25, 0.3) is 5.19 Å². The zero-order chi connectivity index (χ0) is 28.8. The van der Waals surface area contributed by atoms with Crippen LogP contribution in [0.3, 0.4) is 0 Å². The van der Waals surface area contributed by atoms with Crippen LogP contribution in [-0.2, 0) is 18.8 Å². The molecule has 0 bridgehead atoms. The maximum Gasteiger partial charge on any atom is 0.435 e. The van der Waals surface area contributed by atoms with Gasteiger partial charge in [-0.25, -0.2) is 19.9 Å². The number of aryl methyl sites for hydroxylation is 1. The van der Waals surface area contributed by atoms with Crippen molar-refractivity contribution in [2.45, 2.75) is 25.7 Å². The second-order valence-electron chi connectivity index (χ2n) is 8.02. The van der Waals surface area contributed by atoms with E-state index in [0.717, 1.165) is 5.56 Å². The Hall–Kier alpha value is -2.79. The van der Waals surface area contributed by atoms with Gasteiger partial charge in [0.15, 0.2) is 22.3 Å². The molecular formula is C22H12Cl2F6N6OS3. The number of thiazole rings is 3. The summed E-state index contributed by atoms with van der Waals surface area (Å²) in [4.78, 5) is 21.9. The summed E-state index contributed by atoms with van der Waals surface area (Å²) in [6, 6.07) is 4.97. The third kappa shape index (κ3) is 5.95. The Kier molecular flexibility index (Phi) is 7.82. The SMILES string of the molecule is Cc1cc(CCN(c2nc(C(F)(F)F)c(Cl)s2)c2ncnc3scnc23)ccc1Oc1nc(C(F)(F)F)c(Cl)s1. The van der Waals surface area contributed by atoms with Crippen LogP contribution in [-0.4, -0.2) is 31.5 Å². The largest absolute Gasteiger partial charge is 0.435 e. The Morgan fingerprint density at radius 2 is 1.62 bits per heavy atom. The van der Waals surface area contributed by atoms with Crippen molar-refractivity contribution in [3.8, 4) is 10.9 Å². The molecule has 18 heteroatoms. The highest BCUT2D eigenvalue weighted by Gasteiger charge is 2.39. The maximum atomic E-state index is 13.4. The molecule has 0 unspecified atom stereocenters. The molecule has 0 aliphatic rings. The van der Waals surface area contributed by atoms with Crippen LogP contribution >= 0.6 is 57.2 Å². The van der Waals surface area contributed by atoms with E-state index >= 15 is 0 Å². The topological polar surface area (TPSA) is 76.9 Å². The van der Waals surface area contributed by atoms with Crippen molar-refractivity contribution >= 4 is 78.5 Å². The number of anilines is 2. The maximum absolute atomic E-state index is 13.4. The number of halogens is 8. The summed E-state index contributed by atoms with van der Waals surface area (Å²) in [6.45, 7) is 1.83. The average molecular weight is 657 g/mol. The van der Waals surface area contributed by atoms with Crippen molar-refractivity contribution in [2.75, 3.05) is 11.4 Å². The Morgan fingerprint density at radius 1 is 0.925 bits per heavy atom. The number of nitrogens with zero attached hydrogens (tertiary/aromatic N) is 6. The average Bonchev–Trinajstić information content (AvgIpc) is 3.59. The third-order valence-electron chi connectivity index (χ3n) is 5.34. The molecule has 0 saturated heterocycles. The summed E-state index contributed by atoms with van der Waals surface area (Å²) in [6.07, 6.45) is -7.85. The zero-order valence-electron chi connectivity index (χ0n) is 19.6. The first-order valence-electron chi connectivity index (χ1n) is 10.9. The van der Waals surface area contributed by atoms with Gasteiger partial charge < -0.3 is 4.74 Å². The number of hydrogen-bond donors (Lipinski definition) is 0. The summed E-state index contributed by atoms with van der Waals surface area (Å²) < 4.78 is 83.8. The van der Waals surface area contributed by atoms with Crippen LogP contribution in [0.25, 0.3) is 10.3 Å². The van der Waals surface area contributed by atoms with Crippen LogP contribution in [0.2, 0.25) is 8.67 Å². The van der Waals surface area contributed by atoms with E-state index in [-0.39, 0.29) is 28.4 Å². The molecule has 5 aromatic rings. The van der Waals surface area contributed by atoms with E-state index < -0.39 is 32.4 Å². The molecule has 210 valence electrons. The predicted octanol–water partition coefficient (Wildman–Crippen LogP) is 8.83. The number of ether oxygens (including phenoxy) is 1. The van der Waals surface area contributed by atoms with Crippen molar-refractivity contribution in [3.05, 3.63) is 61.2 Å². The highest BCUT2D eigenvalue weighted by molar-refractivity contribution is 7.19. The number of alkyl halides is 6. The summed E-state index contributed by atoms with van der Waals surface area (Å²) in [5.74, 6) is 0.532. The molecule has 0 spiro atoms. The molecule has 0 radical (unpaired) electrons. The van der Waals surface area contributed by atoms with Gasteiger partial charge in [0.05, 0.1) is 5.51 Å². The van der Waals surface area contributed by atoms with Gasteiger partial charge in [0, 0.05) is 6.54 Å². The van der Waals surface area contributed by atoms with E-state index in [4.69, 9.17) is 27.9 Å². The minimum absolute atomic E-state index is 0.0249. The lowest BCUT2D eigenvalue weighted by atomic mass is 10.1. The fourth-order valence-corrected chi connectivity index (χ4v) is 6.42. The van der Waals surface area contributed by atoms with E-state index in [1.54, 1.807) is 30.6 Å². The summed E-state index contributed by atoms with van der Waals surface area (Å²) in [5.41, 5.74) is 0.865. The first-order chi connectivity index (χ1) is 18.8. The monoisotopic (exact) mass is 656 g/mol. The minimum atomic E-state index is -4.74. The van der Waals surface area contributed by atoms with E-state index in [2.05, 4.69) is 24.9 Å². The van der Waals surface area contributed by atoms with Crippen LogP contribution in [0.1, 0.15) is 22.5 Å². The number of rotatable bonds is 7. The van der Waals surface area contributed by atoms with Gasteiger partial charge in [-0.15, -0.1) is 11.3 Å². The number of hydrogen-bond acceptors (Lipinski definition) is 10. The third-order valence-corrected chi connectivity index (χ3v) is 8.48.